The predicted molar refractivity (Wildman–Crippen MR) is 98.5 cm³/mol. The van der Waals surface area contributed by atoms with Crippen LogP contribution in [-0.4, -0.2) is 25.8 Å². The van der Waals surface area contributed by atoms with Crippen molar-refractivity contribution in [1.29, 1.82) is 0 Å². The number of allylic oxidation sites excluding steroid dienone is 4. The van der Waals surface area contributed by atoms with Crippen LogP contribution in [-0.2, 0) is 9.47 Å². The highest BCUT2D eigenvalue weighted by Gasteiger charge is 2.31. The molecule has 26 heavy (non-hydrogen) atoms. The highest BCUT2D eigenvalue weighted by molar-refractivity contribution is 6.25. The smallest absolute Gasteiger partial charge is 0.194 e. The van der Waals surface area contributed by atoms with Gasteiger partial charge in [-0.3, -0.25) is 9.59 Å². The molecule has 0 heterocycles. The van der Waals surface area contributed by atoms with Gasteiger partial charge in [0.05, 0.1) is 14.2 Å². The topological polar surface area (TPSA) is 52.6 Å². The molecule has 0 saturated heterocycles. The lowest BCUT2D eigenvalue weighted by Crippen LogP contribution is -2.19. The zero-order chi connectivity index (χ0) is 18.3. The van der Waals surface area contributed by atoms with Crippen molar-refractivity contribution in [2.45, 2.75) is 0 Å². The van der Waals surface area contributed by atoms with E-state index in [1.54, 1.807) is 50.6 Å². The largest absolute Gasteiger partial charge is 0.496 e. The Morgan fingerprint density at radius 3 is 1.27 bits per heavy atom. The average Bonchev–Trinajstić information content (AvgIpc) is 2.69. The summed E-state index contributed by atoms with van der Waals surface area (Å²) < 4.78 is 10.9. The first-order chi connectivity index (χ1) is 12.7. The summed E-state index contributed by atoms with van der Waals surface area (Å²) >= 11 is 0. The molecule has 4 rings (SSSR count). The summed E-state index contributed by atoms with van der Waals surface area (Å²) in [6.07, 6.45) is 3.27. The molecule has 0 fully saturated rings. The monoisotopic (exact) mass is 344 g/mol. The highest BCUT2D eigenvalue weighted by atomic mass is 16.5. The molecule has 0 N–H and O–H groups in total. The summed E-state index contributed by atoms with van der Waals surface area (Å²) in [6.45, 7) is 0. The van der Waals surface area contributed by atoms with Crippen LogP contribution < -0.4 is 0 Å². The van der Waals surface area contributed by atoms with Gasteiger partial charge in [-0.15, -0.1) is 0 Å². The second-order valence-electron chi connectivity index (χ2n) is 6.00. The molecule has 0 amide bonds. The number of ether oxygens (including phenoxy) is 2. The van der Waals surface area contributed by atoms with Crippen molar-refractivity contribution < 1.29 is 19.1 Å². The van der Waals surface area contributed by atoms with Gasteiger partial charge in [0, 0.05) is 33.4 Å². The van der Waals surface area contributed by atoms with Crippen molar-refractivity contribution in [3.63, 3.8) is 0 Å². The first kappa shape index (κ1) is 16.1. The predicted octanol–water partition coefficient (Wildman–Crippen LogP) is 4.05. The molecule has 128 valence electrons. The number of rotatable bonds is 2. The van der Waals surface area contributed by atoms with Crippen molar-refractivity contribution in [3.8, 4) is 0 Å². The maximum Gasteiger partial charge on any atom is 0.194 e. The van der Waals surface area contributed by atoms with E-state index >= 15 is 0 Å². The molecule has 0 aliphatic heterocycles. The zero-order valence-corrected chi connectivity index (χ0v) is 14.4. The van der Waals surface area contributed by atoms with Crippen molar-refractivity contribution in [2.75, 3.05) is 14.2 Å². The van der Waals surface area contributed by atoms with E-state index in [0.29, 0.717) is 33.8 Å². The van der Waals surface area contributed by atoms with Gasteiger partial charge in [-0.25, -0.2) is 0 Å². The van der Waals surface area contributed by atoms with Crippen LogP contribution in [0.25, 0.3) is 11.5 Å². The minimum Gasteiger partial charge on any atom is -0.496 e. The van der Waals surface area contributed by atoms with Crippen LogP contribution in [0.2, 0.25) is 0 Å². The standard InChI is InChI=1S/C22H16O4/c1-25-19-11-17(21(23)15-9-5-3-7-13(15)19)18-12-20(26-2)14-8-4-6-10-16(14)22(18)24/h3-12H,1-2H3/b18-17+. The summed E-state index contributed by atoms with van der Waals surface area (Å²) in [5.74, 6) is 0.718. The lowest BCUT2D eigenvalue weighted by atomic mass is 9.83. The molecular formula is C22H16O4. The molecule has 2 aliphatic rings. The van der Waals surface area contributed by atoms with E-state index in [9.17, 15) is 9.59 Å². The van der Waals surface area contributed by atoms with Gasteiger partial charge in [0.25, 0.3) is 0 Å². The SMILES string of the molecule is COC1=C/C(=C2/C=C(OC)c3ccccc3C2=O)C(=O)c2ccccc21. The second kappa shape index (κ2) is 6.15. The molecule has 2 aromatic rings. The third kappa shape index (κ3) is 2.30. The average molecular weight is 344 g/mol. The number of Topliss-reactive ketones (excluding diaryl/α,β-unsaturated/α-hetero) is 2. The van der Waals surface area contributed by atoms with E-state index in [1.807, 2.05) is 24.3 Å². The lowest BCUT2D eigenvalue weighted by Gasteiger charge is -2.22. The Labute approximate surface area is 151 Å². The quantitative estimate of drug-likeness (QED) is 0.771. The van der Waals surface area contributed by atoms with E-state index in [2.05, 4.69) is 0 Å². The number of carbonyl (C=O) groups excluding carboxylic acids is 2. The van der Waals surface area contributed by atoms with Gasteiger partial charge in [0.1, 0.15) is 11.5 Å². The molecular weight excluding hydrogens is 328 g/mol. The van der Waals surface area contributed by atoms with Crippen LogP contribution in [0, 0.1) is 0 Å². The molecule has 4 heteroatoms. The molecule has 0 saturated carbocycles. The number of hydrogen-bond donors (Lipinski definition) is 0. The van der Waals surface area contributed by atoms with Crippen molar-refractivity contribution >= 4 is 23.1 Å². The fraction of sp³-hybridized carbons (Fsp3) is 0.0909. The van der Waals surface area contributed by atoms with E-state index < -0.39 is 0 Å². The van der Waals surface area contributed by atoms with Gasteiger partial charge >= 0.3 is 0 Å². The van der Waals surface area contributed by atoms with Crippen LogP contribution in [0.3, 0.4) is 0 Å². The molecule has 0 bridgehead atoms. The summed E-state index contributed by atoms with van der Waals surface area (Å²) in [6, 6.07) is 14.4. The van der Waals surface area contributed by atoms with Gasteiger partial charge in [-0.2, -0.15) is 0 Å². The first-order valence-corrected chi connectivity index (χ1v) is 8.19. The van der Waals surface area contributed by atoms with Crippen molar-refractivity contribution in [1.82, 2.24) is 0 Å². The minimum absolute atomic E-state index is 0.198. The number of ketones is 2. The number of carbonyl (C=O) groups is 2. The maximum absolute atomic E-state index is 13.0. The molecule has 0 aromatic heterocycles. The van der Waals surface area contributed by atoms with Crippen LogP contribution in [0.15, 0.2) is 71.8 Å². The molecule has 2 aromatic carbocycles. The van der Waals surface area contributed by atoms with Crippen LogP contribution >= 0.6 is 0 Å². The molecule has 2 aliphatic carbocycles. The molecule has 0 unspecified atom stereocenters. The Bertz CT molecular complexity index is 954. The van der Waals surface area contributed by atoms with Gasteiger partial charge in [-0.05, 0) is 12.2 Å². The third-order valence-electron chi connectivity index (χ3n) is 4.64. The third-order valence-corrected chi connectivity index (χ3v) is 4.64. The molecule has 0 spiro atoms. The van der Waals surface area contributed by atoms with Gasteiger partial charge in [0.15, 0.2) is 11.6 Å². The Morgan fingerprint density at radius 2 is 0.923 bits per heavy atom. The number of fused-ring (bicyclic) bond motifs is 2. The van der Waals surface area contributed by atoms with Gasteiger partial charge in [-0.1, -0.05) is 48.5 Å². The fourth-order valence-corrected chi connectivity index (χ4v) is 3.37. The fourth-order valence-electron chi connectivity index (χ4n) is 3.37. The van der Waals surface area contributed by atoms with E-state index in [1.165, 1.54) is 0 Å². The Morgan fingerprint density at radius 1 is 0.577 bits per heavy atom. The zero-order valence-electron chi connectivity index (χ0n) is 14.4. The van der Waals surface area contributed by atoms with Crippen LogP contribution in [0.5, 0.6) is 0 Å². The van der Waals surface area contributed by atoms with Crippen LogP contribution in [0.1, 0.15) is 31.8 Å². The first-order valence-electron chi connectivity index (χ1n) is 8.19. The number of hydrogen-bond acceptors (Lipinski definition) is 4. The van der Waals surface area contributed by atoms with E-state index in [4.69, 9.17) is 9.47 Å². The summed E-state index contributed by atoms with van der Waals surface area (Å²) in [5, 5.41) is 0. The minimum atomic E-state index is -0.198. The molecule has 0 atom stereocenters. The Kier molecular flexibility index (Phi) is 3.81. The lowest BCUT2D eigenvalue weighted by molar-refractivity contribution is 0.100. The van der Waals surface area contributed by atoms with Gasteiger partial charge in [0.2, 0.25) is 0 Å². The van der Waals surface area contributed by atoms with E-state index in [-0.39, 0.29) is 11.6 Å². The molecule has 4 nitrogen and oxygen atoms in total. The normalized spacial score (nSPS) is 18.5. The second-order valence-corrected chi connectivity index (χ2v) is 6.00. The summed E-state index contributed by atoms with van der Waals surface area (Å²) in [4.78, 5) is 26.1. The van der Waals surface area contributed by atoms with Crippen molar-refractivity contribution in [2.24, 2.45) is 0 Å². The molecule has 0 radical (unpaired) electrons. The van der Waals surface area contributed by atoms with Crippen molar-refractivity contribution in [3.05, 3.63) is 94.1 Å². The maximum atomic E-state index is 13.0. The van der Waals surface area contributed by atoms with Gasteiger partial charge < -0.3 is 9.47 Å². The highest BCUT2D eigenvalue weighted by Crippen LogP contribution is 2.36. The Balaban J connectivity index is 1.98. The number of methoxy groups -OCH3 is 2. The van der Waals surface area contributed by atoms with Crippen LogP contribution in [0.4, 0.5) is 0 Å². The summed E-state index contributed by atoms with van der Waals surface area (Å²) in [5.41, 5.74) is 3.12. The Hall–Kier alpha value is -3.40. The number of benzene rings is 2. The summed E-state index contributed by atoms with van der Waals surface area (Å²) in [7, 11) is 3.10. The van der Waals surface area contributed by atoms with E-state index in [0.717, 1.165) is 11.1 Å².